The Hall–Kier alpha value is -9.59. The van der Waals surface area contributed by atoms with Crippen LogP contribution in [-0.4, -0.2) is 144 Å². The lowest BCUT2D eigenvalue weighted by Crippen LogP contribution is -2.63. The summed E-state index contributed by atoms with van der Waals surface area (Å²) in [6, 6.07) is 5.60. The number of esters is 5. The summed E-state index contributed by atoms with van der Waals surface area (Å²) < 4.78 is 33.2. The molecular formula is C41H32O26. The standard InChI is InChI=1S/C41H32O26/c42-17-1-12(2-18(43)28(17)52)36(57)62-11-27-33(64-37(58)13-3-19(44)29(53)20(45)4-13)34(65-38(59)14-5-21(46)30(54)22(47)6-14)35(66-39(60)15-7-23(48)31(55)24(49)8-15)41(63-27)67-40(61)16-9-25(50)32(56)26(51)10-16/h1-10,27,33-35,41-56H,11H2/t27-,33-,34+,35-,41+/m0/s1. The fourth-order valence-corrected chi connectivity index (χ4v) is 6.11. The third-order valence-corrected chi connectivity index (χ3v) is 9.45. The van der Waals surface area contributed by atoms with E-state index in [1.807, 2.05) is 0 Å². The second kappa shape index (κ2) is 18.3. The van der Waals surface area contributed by atoms with Crippen LogP contribution in [0.3, 0.4) is 0 Å². The van der Waals surface area contributed by atoms with Crippen molar-refractivity contribution in [2.24, 2.45) is 0 Å². The maximum absolute atomic E-state index is 13.9. The van der Waals surface area contributed by atoms with Gasteiger partial charge in [0.05, 0.1) is 27.8 Å². The van der Waals surface area contributed by atoms with Gasteiger partial charge >= 0.3 is 29.8 Å². The van der Waals surface area contributed by atoms with Gasteiger partial charge in [-0.1, -0.05) is 0 Å². The van der Waals surface area contributed by atoms with E-state index in [1.165, 1.54) is 0 Å². The summed E-state index contributed by atoms with van der Waals surface area (Å²) in [6.07, 6.45) is -12.2. The Balaban J connectivity index is 1.52. The average Bonchev–Trinajstić information content (AvgIpc) is 3.27. The molecule has 0 radical (unpaired) electrons. The van der Waals surface area contributed by atoms with E-state index in [2.05, 4.69) is 0 Å². The molecule has 0 spiro atoms. The molecule has 1 aliphatic heterocycles. The molecule has 15 N–H and O–H groups in total. The minimum atomic E-state index is -2.56. The highest BCUT2D eigenvalue weighted by Gasteiger charge is 2.55. The van der Waals surface area contributed by atoms with Crippen molar-refractivity contribution in [1.82, 2.24) is 0 Å². The van der Waals surface area contributed by atoms with Gasteiger partial charge in [0.25, 0.3) is 0 Å². The van der Waals surface area contributed by atoms with Crippen LogP contribution in [0.5, 0.6) is 86.2 Å². The second-order valence-corrected chi connectivity index (χ2v) is 14.0. The molecule has 1 saturated heterocycles. The lowest BCUT2D eigenvalue weighted by Gasteiger charge is -2.43. The van der Waals surface area contributed by atoms with Crippen molar-refractivity contribution in [1.29, 1.82) is 0 Å². The van der Waals surface area contributed by atoms with Crippen molar-refractivity contribution in [3.63, 3.8) is 0 Å². The van der Waals surface area contributed by atoms with Crippen LogP contribution in [0.1, 0.15) is 51.8 Å². The average molecular weight is 941 g/mol. The molecule has 26 heteroatoms. The number of phenolic OH excluding ortho intramolecular Hbond substituents is 15. The molecular weight excluding hydrogens is 908 g/mol. The number of carbonyl (C=O) groups is 5. The minimum absolute atomic E-state index is 0.534. The predicted octanol–water partition coefficient (Wildman–Crippen LogP) is 1.69. The van der Waals surface area contributed by atoms with Crippen LogP contribution < -0.4 is 0 Å². The molecule has 6 rings (SSSR count). The number of phenols is 15. The van der Waals surface area contributed by atoms with Crippen LogP contribution in [0.2, 0.25) is 0 Å². The number of hydrogen-bond donors (Lipinski definition) is 15. The third-order valence-electron chi connectivity index (χ3n) is 9.45. The number of hydrogen-bond acceptors (Lipinski definition) is 26. The lowest BCUT2D eigenvalue weighted by molar-refractivity contribution is -0.282. The quantitative estimate of drug-likeness (QED) is 0.0509. The summed E-state index contributed by atoms with van der Waals surface area (Å²) in [5.74, 6) is -24.5. The van der Waals surface area contributed by atoms with Gasteiger partial charge in [-0.3, -0.25) is 0 Å². The zero-order valence-electron chi connectivity index (χ0n) is 33.1. The van der Waals surface area contributed by atoms with Crippen LogP contribution in [0.15, 0.2) is 60.7 Å². The molecule has 5 atom stereocenters. The zero-order valence-corrected chi connectivity index (χ0v) is 33.1. The maximum atomic E-state index is 13.9. The van der Waals surface area contributed by atoms with E-state index < -0.39 is 181 Å². The summed E-state index contributed by atoms with van der Waals surface area (Å²) in [4.78, 5) is 68.5. The maximum Gasteiger partial charge on any atom is 0.340 e. The van der Waals surface area contributed by atoms with Crippen LogP contribution >= 0.6 is 0 Å². The first-order chi connectivity index (χ1) is 31.4. The van der Waals surface area contributed by atoms with Gasteiger partial charge < -0.3 is 105 Å². The van der Waals surface area contributed by atoms with E-state index in [1.54, 1.807) is 0 Å². The van der Waals surface area contributed by atoms with E-state index in [0.717, 1.165) is 0 Å². The van der Waals surface area contributed by atoms with E-state index in [0.29, 0.717) is 60.7 Å². The monoisotopic (exact) mass is 940 g/mol. The highest BCUT2D eigenvalue weighted by atomic mass is 16.7. The van der Waals surface area contributed by atoms with E-state index in [9.17, 15) is 101 Å². The number of benzene rings is 5. The molecule has 1 heterocycles. The molecule has 1 aliphatic rings. The smallest absolute Gasteiger partial charge is 0.340 e. The van der Waals surface area contributed by atoms with Crippen molar-refractivity contribution >= 4 is 29.8 Å². The molecule has 0 aliphatic carbocycles. The molecule has 1 fully saturated rings. The summed E-state index contributed by atoms with van der Waals surface area (Å²) in [5, 5.41) is 150. The zero-order chi connectivity index (χ0) is 49.3. The third kappa shape index (κ3) is 9.67. The first-order valence-electron chi connectivity index (χ1n) is 18.4. The fraction of sp³-hybridized carbons (Fsp3) is 0.146. The van der Waals surface area contributed by atoms with Crippen molar-refractivity contribution in [3.8, 4) is 86.2 Å². The van der Waals surface area contributed by atoms with Crippen molar-refractivity contribution in [2.75, 3.05) is 6.61 Å². The summed E-state index contributed by atoms with van der Waals surface area (Å²) >= 11 is 0. The summed E-state index contributed by atoms with van der Waals surface area (Å²) in [7, 11) is 0. The molecule has 26 nitrogen and oxygen atoms in total. The summed E-state index contributed by atoms with van der Waals surface area (Å²) in [6.45, 7) is -1.25. The molecule has 67 heavy (non-hydrogen) atoms. The number of carbonyl (C=O) groups excluding carboxylic acids is 5. The van der Waals surface area contributed by atoms with Gasteiger partial charge in [0, 0.05) is 0 Å². The Labute approximate surface area is 370 Å². The molecule has 5 aromatic carbocycles. The van der Waals surface area contributed by atoms with Crippen LogP contribution in [-0.2, 0) is 28.4 Å². The van der Waals surface area contributed by atoms with Crippen LogP contribution in [0, 0.1) is 0 Å². The van der Waals surface area contributed by atoms with Crippen molar-refractivity contribution in [2.45, 2.75) is 30.7 Å². The lowest BCUT2D eigenvalue weighted by atomic mass is 9.97. The summed E-state index contributed by atoms with van der Waals surface area (Å²) in [5.41, 5.74) is -3.88. The van der Waals surface area contributed by atoms with E-state index >= 15 is 0 Å². The number of rotatable bonds is 11. The first-order valence-corrected chi connectivity index (χ1v) is 18.4. The van der Waals surface area contributed by atoms with Gasteiger partial charge in [-0.2, -0.15) is 0 Å². The Bertz CT molecular complexity index is 2720. The Morgan fingerprint density at radius 3 is 0.881 bits per heavy atom. The molecule has 0 saturated carbocycles. The molecule has 0 aromatic heterocycles. The van der Waals surface area contributed by atoms with E-state index in [-0.39, 0.29) is 0 Å². The van der Waals surface area contributed by atoms with Gasteiger partial charge in [0.15, 0.2) is 98.5 Å². The van der Waals surface area contributed by atoms with Gasteiger partial charge in [0.2, 0.25) is 12.4 Å². The van der Waals surface area contributed by atoms with E-state index in [4.69, 9.17) is 28.4 Å². The van der Waals surface area contributed by atoms with Gasteiger partial charge in [-0.15, -0.1) is 0 Å². The van der Waals surface area contributed by atoms with Crippen LogP contribution in [0.25, 0.3) is 0 Å². The molecule has 0 bridgehead atoms. The minimum Gasteiger partial charge on any atom is -0.504 e. The topological polar surface area (TPSA) is 444 Å². The van der Waals surface area contributed by atoms with Gasteiger partial charge in [0.1, 0.15) is 12.7 Å². The SMILES string of the molecule is O=C(OC[C@@H]1O[C@H](OC(=O)c2cc(O)c(O)c(O)c2)[C@@H](OC(=O)c2cc(O)c(O)c(O)c2)[C@H](OC(=O)c2cc(O)c(O)c(O)c2)[C@H]1OC(=O)c1cc(O)c(O)c(O)c1)c1cc(O)c(O)c(O)c1. The Kier molecular flexibility index (Phi) is 12.8. The normalized spacial score (nSPS) is 17.7. The Morgan fingerprint density at radius 2 is 0.582 bits per heavy atom. The van der Waals surface area contributed by atoms with Crippen molar-refractivity contribution < 1.29 is 129 Å². The predicted molar refractivity (Wildman–Crippen MR) is 209 cm³/mol. The molecule has 352 valence electrons. The van der Waals surface area contributed by atoms with Gasteiger partial charge in [-0.05, 0) is 60.7 Å². The fourth-order valence-electron chi connectivity index (χ4n) is 6.11. The molecule has 0 unspecified atom stereocenters. The number of aromatic hydroxyl groups is 15. The highest BCUT2D eigenvalue weighted by molar-refractivity contribution is 5.94. The molecule has 0 amide bonds. The first kappa shape index (κ1) is 46.9. The van der Waals surface area contributed by atoms with Crippen LogP contribution in [0.4, 0.5) is 0 Å². The number of ether oxygens (including phenoxy) is 6. The molecule has 5 aromatic rings. The Morgan fingerprint density at radius 1 is 0.343 bits per heavy atom. The highest BCUT2D eigenvalue weighted by Crippen LogP contribution is 2.41. The second-order valence-electron chi connectivity index (χ2n) is 14.0. The van der Waals surface area contributed by atoms with Crippen molar-refractivity contribution in [3.05, 3.63) is 88.5 Å². The largest absolute Gasteiger partial charge is 0.504 e. The van der Waals surface area contributed by atoms with Gasteiger partial charge in [-0.25, -0.2) is 24.0 Å².